The molecule has 0 bridgehead atoms. The third-order valence-corrected chi connectivity index (χ3v) is 3.93. The van der Waals surface area contributed by atoms with E-state index >= 15 is 0 Å². The summed E-state index contributed by atoms with van der Waals surface area (Å²) in [6.45, 7) is 11.9. The molecule has 1 fully saturated rings. The number of nitrogens with one attached hydrogen (secondary N) is 1. The lowest BCUT2D eigenvalue weighted by molar-refractivity contribution is 0.177. The fourth-order valence-corrected chi connectivity index (χ4v) is 2.53. The van der Waals surface area contributed by atoms with Gasteiger partial charge >= 0.3 is 0 Å². The topological polar surface area (TPSA) is 39.1 Å². The van der Waals surface area contributed by atoms with Gasteiger partial charge in [-0.1, -0.05) is 13.8 Å². The molecule has 0 radical (unpaired) electrons. The van der Waals surface area contributed by atoms with Gasteiger partial charge in [0.1, 0.15) is 5.54 Å². The minimum Gasteiger partial charge on any atom is -0.301 e. The molecule has 0 amide bonds. The summed E-state index contributed by atoms with van der Waals surface area (Å²) in [5.41, 5.74) is -0.383. The average molecular weight is 251 g/mol. The molecule has 1 N–H and O–H groups in total. The minimum absolute atomic E-state index is 0.383. The van der Waals surface area contributed by atoms with Crippen molar-refractivity contribution >= 4 is 0 Å². The van der Waals surface area contributed by atoms with Crippen molar-refractivity contribution in [1.82, 2.24) is 10.2 Å². The molecule has 1 saturated carbocycles. The van der Waals surface area contributed by atoms with Crippen molar-refractivity contribution in [3.8, 4) is 6.07 Å². The molecule has 104 valence electrons. The van der Waals surface area contributed by atoms with Crippen LogP contribution in [0.15, 0.2) is 0 Å². The number of hydrogen-bond donors (Lipinski definition) is 1. The highest BCUT2D eigenvalue weighted by molar-refractivity contribution is 5.05. The van der Waals surface area contributed by atoms with E-state index in [1.807, 2.05) is 6.92 Å². The van der Waals surface area contributed by atoms with Crippen molar-refractivity contribution in [3.63, 3.8) is 0 Å². The maximum absolute atomic E-state index is 9.38. The van der Waals surface area contributed by atoms with Crippen molar-refractivity contribution in [3.05, 3.63) is 0 Å². The highest BCUT2D eigenvalue weighted by atomic mass is 15.2. The Hall–Kier alpha value is -0.590. The highest BCUT2D eigenvalue weighted by Gasteiger charge is 2.30. The van der Waals surface area contributed by atoms with Crippen LogP contribution in [0.5, 0.6) is 0 Å². The van der Waals surface area contributed by atoms with Crippen molar-refractivity contribution in [1.29, 1.82) is 5.26 Å². The maximum atomic E-state index is 9.38. The van der Waals surface area contributed by atoms with Gasteiger partial charge in [0, 0.05) is 12.6 Å². The third-order valence-electron chi connectivity index (χ3n) is 3.93. The quantitative estimate of drug-likeness (QED) is 0.685. The number of hydrogen-bond acceptors (Lipinski definition) is 3. The van der Waals surface area contributed by atoms with Gasteiger partial charge in [-0.15, -0.1) is 0 Å². The summed E-state index contributed by atoms with van der Waals surface area (Å²) in [6.07, 6.45) is 4.77. The highest BCUT2D eigenvalue weighted by Crippen LogP contribution is 2.31. The fourth-order valence-electron chi connectivity index (χ4n) is 2.53. The standard InChI is InChI=1S/C15H29N3/c1-5-9-17-15(4,12-16)10-13(3)18(6-2)11-14-7-8-14/h13-14,17H,5-11H2,1-4H3. The van der Waals surface area contributed by atoms with Crippen LogP contribution in [-0.4, -0.2) is 36.1 Å². The van der Waals surface area contributed by atoms with Gasteiger partial charge in [-0.2, -0.15) is 5.26 Å². The molecular formula is C15H29N3. The van der Waals surface area contributed by atoms with Crippen LogP contribution in [0.4, 0.5) is 0 Å². The first kappa shape index (κ1) is 15.5. The Bertz CT molecular complexity index is 280. The normalized spacial score (nSPS) is 20.4. The van der Waals surface area contributed by atoms with Gasteiger partial charge in [0.15, 0.2) is 0 Å². The lowest BCUT2D eigenvalue weighted by Gasteiger charge is -2.33. The predicted molar refractivity (Wildman–Crippen MR) is 76.4 cm³/mol. The summed E-state index contributed by atoms with van der Waals surface area (Å²) in [6, 6.07) is 2.93. The maximum Gasteiger partial charge on any atom is 0.105 e. The van der Waals surface area contributed by atoms with Gasteiger partial charge in [0.25, 0.3) is 0 Å². The van der Waals surface area contributed by atoms with Gasteiger partial charge in [-0.3, -0.25) is 5.32 Å². The smallest absolute Gasteiger partial charge is 0.105 e. The minimum atomic E-state index is -0.383. The van der Waals surface area contributed by atoms with Crippen LogP contribution in [0.1, 0.15) is 53.4 Å². The third kappa shape index (κ3) is 4.96. The van der Waals surface area contributed by atoms with Crippen molar-refractivity contribution in [2.24, 2.45) is 5.92 Å². The van der Waals surface area contributed by atoms with E-state index in [9.17, 15) is 5.26 Å². The molecule has 0 aromatic rings. The fraction of sp³-hybridized carbons (Fsp3) is 0.933. The second kappa shape index (κ2) is 7.11. The number of rotatable bonds is 9. The summed E-state index contributed by atoms with van der Waals surface area (Å²) in [7, 11) is 0. The Morgan fingerprint density at radius 2 is 2.11 bits per heavy atom. The van der Waals surface area contributed by atoms with E-state index in [4.69, 9.17) is 0 Å². The predicted octanol–water partition coefficient (Wildman–Crippen LogP) is 2.78. The summed E-state index contributed by atoms with van der Waals surface area (Å²) in [5, 5.41) is 12.8. The lowest BCUT2D eigenvalue weighted by atomic mass is 9.94. The van der Waals surface area contributed by atoms with Crippen molar-refractivity contribution in [2.75, 3.05) is 19.6 Å². The van der Waals surface area contributed by atoms with E-state index in [0.717, 1.165) is 31.8 Å². The van der Waals surface area contributed by atoms with E-state index in [-0.39, 0.29) is 5.54 Å². The first-order valence-electron chi connectivity index (χ1n) is 7.45. The van der Waals surface area contributed by atoms with Gasteiger partial charge in [-0.05, 0) is 58.5 Å². The number of nitriles is 1. The SMILES string of the molecule is CCCNC(C)(C#N)CC(C)N(CC)CC1CC1. The monoisotopic (exact) mass is 251 g/mol. The van der Waals surface area contributed by atoms with Crippen LogP contribution in [0.3, 0.4) is 0 Å². The lowest BCUT2D eigenvalue weighted by Crippen LogP contribution is -2.47. The molecule has 2 atom stereocenters. The van der Waals surface area contributed by atoms with Crippen molar-refractivity contribution < 1.29 is 0 Å². The summed E-state index contributed by atoms with van der Waals surface area (Å²) >= 11 is 0. The Morgan fingerprint density at radius 3 is 2.56 bits per heavy atom. The van der Waals surface area contributed by atoms with E-state index in [2.05, 4.69) is 37.1 Å². The van der Waals surface area contributed by atoms with Gasteiger partial charge in [0.2, 0.25) is 0 Å². The molecule has 0 heterocycles. The second-order valence-corrected chi connectivity index (χ2v) is 5.95. The average Bonchev–Trinajstić information content (AvgIpc) is 3.17. The Labute approximate surface area is 113 Å². The largest absolute Gasteiger partial charge is 0.301 e. The molecule has 0 aliphatic heterocycles. The molecule has 3 nitrogen and oxygen atoms in total. The van der Waals surface area contributed by atoms with E-state index in [1.54, 1.807) is 0 Å². The van der Waals surface area contributed by atoms with Gasteiger partial charge in [0.05, 0.1) is 6.07 Å². The molecule has 0 saturated heterocycles. The second-order valence-electron chi connectivity index (χ2n) is 5.95. The zero-order valence-corrected chi connectivity index (χ0v) is 12.5. The summed E-state index contributed by atoms with van der Waals surface area (Å²) in [4.78, 5) is 2.53. The van der Waals surface area contributed by atoms with E-state index in [0.29, 0.717) is 6.04 Å². The van der Waals surface area contributed by atoms with Crippen LogP contribution < -0.4 is 5.32 Å². The first-order valence-corrected chi connectivity index (χ1v) is 7.45. The molecule has 0 aromatic heterocycles. The molecule has 2 unspecified atom stereocenters. The zero-order chi connectivity index (χ0) is 13.6. The van der Waals surface area contributed by atoms with Gasteiger partial charge in [-0.25, -0.2) is 0 Å². The molecule has 1 rings (SSSR count). The molecule has 3 heteroatoms. The van der Waals surface area contributed by atoms with Crippen LogP contribution >= 0.6 is 0 Å². The molecule has 0 spiro atoms. The molecular weight excluding hydrogens is 222 g/mol. The Balaban J connectivity index is 2.47. The van der Waals surface area contributed by atoms with Crippen LogP contribution in [0.25, 0.3) is 0 Å². The van der Waals surface area contributed by atoms with Crippen LogP contribution in [-0.2, 0) is 0 Å². The van der Waals surface area contributed by atoms with Gasteiger partial charge < -0.3 is 4.90 Å². The molecule has 1 aliphatic carbocycles. The zero-order valence-electron chi connectivity index (χ0n) is 12.5. The van der Waals surface area contributed by atoms with Crippen LogP contribution in [0, 0.1) is 17.2 Å². The Morgan fingerprint density at radius 1 is 1.44 bits per heavy atom. The summed E-state index contributed by atoms with van der Waals surface area (Å²) in [5.74, 6) is 0.921. The summed E-state index contributed by atoms with van der Waals surface area (Å²) < 4.78 is 0. The first-order chi connectivity index (χ1) is 8.54. The molecule has 1 aliphatic rings. The Kier molecular flexibility index (Phi) is 6.11. The molecule has 18 heavy (non-hydrogen) atoms. The molecule has 0 aromatic carbocycles. The van der Waals surface area contributed by atoms with Crippen molar-refractivity contribution in [2.45, 2.75) is 65.0 Å². The van der Waals surface area contributed by atoms with Crippen LogP contribution in [0.2, 0.25) is 0 Å². The van der Waals surface area contributed by atoms with E-state index in [1.165, 1.54) is 19.4 Å². The van der Waals surface area contributed by atoms with E-state index < -0.39 is 0 Å². The number of nitrogens with zero attached hydrogens (tertiary/aromatic N) is 2.